The molecule has 0 radical (unpaired) electrons. The van der Waals surface area contributed by atoms with E-state index in [0.717, 1.165) is 16.9 Å². The lowest BCUT2D eigenvalue weighted by Gasteiger charge is -2.03. The minimum atomic E-state index is -3.32. The van der Waals surface area contributed by atoms with Crippen molar-refractivity contribution in [3.8, 4) is 11.1 Å². The minimum Gasteiger partial charge on any atom is -0.384 e. The number of H-pyrrole nitrogens is 1. The number of sulfone groups is 1. The molecule has 2 heterocycles. The largest absolute Gasteiger partial charge is 0.384 e. The van der Waals surface area contributed by atoms with Gasteiger partial charge in [-0.1, -0.05) is 30.3 Å². The van der Waals surface area contributed by atoms with E-state index in [1.807, 2.05) is 30.3 Å². The number of aromatic nitrogens is 2. The molecule has 0 unspecified atom stereocenters. The van der Waals surface area contributed by atoms with Gasteiger partial charge in [0.05, 0.1) is 5.39 Å². The van der Waals surface area contributed by atoms with Gasteiger partial charge in [-0.3, -0.25) is 5.10 Å². The average molecular weight is 293 g/mol. The zero-order chi connectivity index (χ0) is 13.6. The number of hydrogen-bond acceptors (Lipinski definition) is 5. The quantitative estimate of drug-likeness (QED) is 0.758. The maximum absolute atomic E-state index is 11.9. The van der Waals surface area contributed by atoms with Crippen LogP contribution in [0.5, 0.6) is 0 Å². The second kappa shape index (κ2) is 4.07. The van der Waals surface area contributed by atoms with Crippen molar-refractivity contribution >= 4 is 37.2 Å². The molecule has 0 amide bonds. The van der Waals surface area contributed by atoms with Crippen LogP contribution in [0, 0.1) is 0 Å². The monoisotopic (exact) mass is 293 g/mol. The van der Waals surface area contributed by atoms with Crippen molar-refractivity contribution in [3.63, 3.8) is 0 Å². The van der Waals surface area contributed by atoms with Gasteiger partial charge < -0.3 is 5.73 Å². The molecule has 3 aromatic rings. The van der Waals surface area contributed by atoms with E-state index in [0.29, 0.717) is 25.8 Å². The molecule has 0 aliphatic rings. The Hall–Kier alpha value is -1.86. The molecule has 0 aliphatic carbocycles. The number of nitrogens with two attached hydrogens (primary N) is 1. The van der Waals surface area contributed by atoms with E-state index in [-0.39, 0.29) is 0 Å². The highest BCUT2D eigenvalue weighted by molar-refractivity contribution is 7.93. The summed E-state index contributed by atoms with van der Waals surface area (Å²) in [6, 6.07) is 9.33. The molecule has 19 heavy (non-hydrogen) atoms. The molecule has 5 nitrogen and oxygen atoms in total. The fraction of sp³-hybridized carbons (Fsp3) is 0.0833. The third-order valence-electron chi connectivity index (χ3n) is 2.80. The summed E-state index contributed by atoms with van der Waals surface area (Å²) in [7, 11) is -3.32. The van der Waals surface area contributed by atoms with E-state index in [9.17, 15) is 8.42 Å². The number of hydrogen-bond donors (Lipinski definition) is 2. The van der Waals surface area contributed by atoms with E-state index in [1.54, 1.807) is 0 Å². The van der Waals surface area contributed by atoms with E-state index in [1.165, 1.54) is 6.26 Å². The van der Waals surface area contributed by atoms with Gasteiger partial charge in [0.1, 0.15) is 14.9 Å². The van der Waals surface area contributed by atoms with Gasteiger partial charge in [0.2, 0.25) is 0 Å². The Labute approximate surface area is 114 Å². The first-order valence-corrected chi connectivity index (χ1v) is 8.21. The van der Waals surface area contributed by atoms with Crippen LogP contribution >= 0.6 is 11.3 Å². The van der Waals surface area contributed by atoms with Crippen molar-refractivity contribution in [2.24, 2.45) is 0 Å². The number of nitrogen functional groups attached to an aromatic ring is 1. The molecule has 3 rings (SSSR count). The molecular weight excluding hydrogens is 282 g/mol. The zero-order valence-corrected chi connectivity index (χ0v) is 11.7. The molecular formula is C12H11N3O2S2. The second-order valence-corrected chi connectivity index (χ2v) is 7.43. The third kappa shape index (κ3) is 1.91. The average Bonchev–Trinajstić information content (AvgIpc) is 2.90. The highest BCUT2D eigenvalue weighted by Gasteiger charge is 2.24. The molecule has 0 bridgehead atoms. The number of nitrogens with zero attached hydrogens (tertiary/aromatic N) is 1. The SMILES string of the molecule is CS(=O)(=O)c1sc2n[nH]c(N)c2c1-c1ccccc1. The molecule has 3 N–H and O–H groups in total. The number of benzene rings is 1. The predicted octanol–water partition coefficient (Wildman–Crippen LogP) is 2.28. The van der Waals surface area contributed by atoms with Gasteiger partial charge in [-0.05, 0) is 5.56 Å². The van der Waals surface area contributed by atoms with Crippen molar-refractivity contribution in [2.75, 3.05) is 12.0 Å². The Balaban J connectivity index is 2.46. The minimum absolute atomic E-state index is 0.303. The van der Waals surface area contributed by atoms with Crippen molar-refractivity contribution in [3.05, 3.63) is 30.3 Å². The standard InChI is InChI=1S/C12H11N3O2S2/c1-19(16,17)12-8(7-5-3-2-4-6-7)9-10(13)14-15-11(9)18-12/h2-6H,1H3,(H3,13,14,15). The van der Waals surface area contributed by atoms with E-state index < -0.39 is 9.84 Å². The van der Waals surface area contributed by atoms with Gasteiger partial charge in [0, 0.05) is 11.8 Å². The smallest absolute Gasteiger partial charge is 0.185 e. The number of anilines is 1. The lowest BCUT2D eigenvalue weighted by Crippen LogP contribution is -1.96. The Bertz CT molecular complexity index is 848. The molecule has 0 fully saturated rings. The second-order valence-electron chi connectivity index (χ2n) is 4.22. The first-order valence-electron chi connectivity index (χ1n) is 5.50. The van der Waals surface area contributed by atoms with E-state index >= 15 is 0 Å². The molecule has 1 aromatic carbocycles. The summed E-state index contributed by atoms with van der Waals surface area (Å²) in [5.41, 5.74) is 7.32. The van der Waals surface area contributed by atoms with Crippen LogP contribution in [0.4, 0.5) is 5.82 Å². The van der Waals surface area contributed by atoms with E-state index in [4.69, 9.17) is 5.73 Å². The van der Waals surface area contributed by atoms with Crippen molar-refractivity contribution < 1.29 is 8.42 Å². The Morgan fingerprint density at radius 1 is 1.26 bits per heavy atom. The molecule has 7 heteroatoms. The zero-order valence-electron chi connectivity index (χ0n) is 10.0. The summed E-state index contributed by atoms with van der Waals surface area (Å²) < 4.78 is 24.2. The van der Waals surface area contributed by atoms with Crippen LogP contribution in [0.25, 0.3) is 21.3 Å². The Kier molecular flexibility index (Phi) is 2.61. The maximum atomic E-state index is 11.9. The fourth-order valence-corrected chi connectivity index (χ4v) is 4.36. The number of aromatic amines is 1. The summed E-state index contributed by atoms with van der Waals surface area (Å²) in [6.07, 6.45) is 1.20. The number of nitrogens with one attached hydrogen (secondary N) is 1. The Morgan fingerprint density at radius 2 is 1.95 bits per heavy atom. The van der Waals surface area contributed by atoms with Gasteiger partial charge in [-0.15, -0.1) is 11.3 Å². The van der Waals surface area contributed by atoms with Crippen LogP contribution in [0.2, 0.25) is 0 Å². The summed E-state index contributed by atoms with van der Waals surface area (Å²) in [5.74, 6) is 0.389. The summed E-state index contributed by atoms with van der Waals surface area (Å²) >= 11 is 1.14. The summed E-state index contributed by atoms with van der Waals surface area (Å²) in [5, 5.41) is 7.41. The number of rotatable bonds is 2. The van der Waals surface area contributed by atoms with Crippen LogP contribution in [-0.4, -0.2) is 24.9 Å². The third-order valence-corrected chi connectivity index (χ3v) is 5.72. The number of fused-ring (bicyclic) bond motifs is 1. The molecule has 0 atom stereocenters. The first-order chi connectivity index (χ1) is 8.98. The van der Waals surface area contributed by atoms with Crippen molar-refractivity contribution in [1.29, 1.82) is 0 Å². The molecule has 0 saturated carbocycles. The summed E-state index contributed by atoms with van der Waals surface area (Å²) in [6.45, 7) is 0. The van der Waals surface area contributed by atoms with Crippen molar-refractivity contribution in [2.45, 2.75) is 4.21 Å². The van der Waals surface area contributed by atoms with Crippen molar-refractivity contribution in [1.82, 2.24) is 10.2 Å². The van der Waals surface area contributed by atoms with E-state index in [2.05, 4.69) is 10.2 Å². The first kappa shape index (κ1) is 12.2. The molecule has 0 spiro atoms. The van der Waals surface area contributed by atoms with Gasteiger partial charge >= 0.3 is 0 Å². The van der Waals surface area contributed by atoms with Crippen LogP contribution in [0.1, 0.15) is 0 Å². The molecule has 98 valence electrons. The molecule has 2 aromatic heterocycles. The predicted molar refractivity (Wildman–Crippen MR) is 76.9 cm³/mol. The lowest BCUT2D eigenvalue weighted by molar-refractivity contribution is 0.604. The Morgan fingerprint density at radius 3 is 2.58 bits per heavy atom. The maximum Gasteiger partial charge on any atom is 0.185 e. The van der Waals surface area contributed by atoms with Crippen LogP contribution in [0.15, 0.2) is 34.5 Å². The van der Waals surface area contributed by atoms with Gasteiger partial charge in [-0.25, -0.2) is 8.42 Å². The molecule has 0 aliphatic heterocycles. The van der Waals surface area contributed by atoms with Gasteiger partial charge in [0.15, 0.2) is 9.84 Å². The fourth-order valence-electron chi connectivity index (χ4n) is 2.02. The summed E-state index contributed by atoms with van der Waals surface area (Å²) in [4.78, 5) is 0.608. The number of thiophene rings is 1. The molecule has 0 saturated heterocycles. The van der Waals surface area contributed by atoms with Crippen LogP contribution in [0.3, 0.4) is 0 Å². The van der Waals surface area contributed by atoms with Gasteiger partial charge in [0.25, 0.3) is 0 Å². The lowest BCUT2D eigenvalue weighted by atomic mass is 10.1. The van der Waals surface area contributed by atoms with Crippen LogP contribution in [-0.2, 0) is 9.84 Å². The highest BCUT2D eigenvalue weighted by atomic mass is 32.2. The van der Waals surface area contributed by atoms with Crippen LogP contribution < -0.4 is 5.73 Å². The highest BCUT2D eigenvalue weighted by Crippen LogP contribution is 2.42. The topological polar surface area (TPSA) is 88.8 Å². The van der Waals surface area contributed by atoms with Gasteiger partial charge in [-0.2, -0.15) is 5.10 Å². The normalized spacial score (nSPS) is 12.1.